The van der Waals surface area contributed by atoms with Crippen molar-refractivity contribution in [2.75, 3.05) is 25.0 Å². The largest absolute Gasteiger partial charge is 0.317 e. The van der Waals surface area contributed by atoms with E-state index in [0.29, 0.717) is 23.7 Å². The summed E-state index contributed by atoms with van der Waals surface area (Å²) in [7, 11) is -3.70. The van der Waals surface area contributed by atoms with Gasteiger partial charge in [-0.25, -0.2) is 13.4 Å². The molecule has 0 spiro atoms. The van der Waals surface area contributed by atoms with Crippen molar-refractivity contribution in [2.24, 2.45) is 5.92 Å². The van der Waals surface area contributed by atoms with Gasteiger partial charge in [0.25, 0.3) is 10.0 Å². The summed E-state index contributed by atoms with van der Waals surface area (Å²) in [6, 6.07) is 21.7. The molecule has 3 aromatic heterocycles. The predicted octanol–water partition coefficient (Wildman–Crippen LogP) is 7.34. The van der Waals surface area contributed by atoms with Gasteiger partial charge in [0.05, 0.1) is 20.5 Å². The molecule has 0 bridgehead atoms. The average molecular weight is 669 g/mol. The number of hydrogen-bond donors (Lipinski definition) is 1. The highest BCUT2D eigenvalue weighted by atomic mass is 35.5. The van der Waals surface area contributed by atoms with Crippen LogP contribution in [0.15, 0.2) is 70.9 Å². The molecule has 1 saturated heterocycles. The number of thiophene rings is 2. The summed E-state index contributed by atoms with van der Waals surface area (Å²) in [5.74, 6) is -0.595. The molecule has 2 aromatic carbocycles. The molecule has 7 nitrogen and oxygen atoms in total. The topological polar surface area (TPSA) is 82.6 Å². The molecule has 0 radical (unpaired) electrons. The molecular formula is C31H29ClN4O3S4. The Kier molecular flexibility index (Phi) is 8.15. The third-order valence-corrected chi connectivity index (χ3v) is 13.8. The van der Waals surface area contributed by atoms with Crippen LogP contribution >= 0.6 is 45.6 Å². The van der Waals surface area contributed by atoms with E-state index in [1.165, 1.54) is 26.4 Å². The fourth-order valence-corrected chi connectivity index (χ4v) is 11.4. The van der Waals surface area contributed by atoms with E-state index >= 15 is 0 Å². The number of anilines is 1. The minimum Gasteiger partial charge on any atom is -0.317 e. The Morgan fingerprint density at radius 3 is 2.60 bits per heavy atom. The molecule has 0 saturated carbocycles. The summed E-state index contributed by atoms with van der Waals surface area (Å²) in [6.45, 7) is 3.14. The first kappa shape index (κ1) is 29.1. The maximum absolute atomic E-state index is 13.8. The van der Waals surface area contributed by atoms with E-state index in [-0.39, 0.29) is 16.7 Å². The predicted molar refractivity (Wildman–Crippen MR) is 177 cm³/mol. The van der Waals surface area contributed by atoms with E-state index < -0.39 is 15.9 Å². The van der Waals surface area contributed by atoms with Gasteiger partial charge in [-0.1, -0.05) is 54.1 Å². The third kappa shape index (κ3) is 5.92. The lowest BCUT2D eigenvalue weighted by molar-refractivity contribution is -0.120. The lowest BCUT2D eigenvalue weighted by atomic mass is 9.98. The van der Waals surface area contributed by atoms with Crippen molar-refractivity contribution in [1.29, 1.82) is 0 Å². The summed E-state index contributed by atoms with van der Waals surface area (Å²) < 4.78 is 29.7. The number of aromatic nitrogens is 1. The second kappa shape index (κ2) is 12.0. The molecule has 0 aliphatic carbocycles. The Bertz CT molecular complexity index is 1870. The number of fused-ring (bicyclic) bond motifs is 2. The van der Waals surface area contributed by atoms with Crippen molar-refractivity contribution in [3.8, 4) is 10.6 Å². The molecular weight excluding hydrogens is 640 g/mol. The molecule has 5 aromatic rings. The SMILES string of the molecule is O=C(Nc1sc2c(c1-c1nc3ccccc3s1)CCN(Cc1ccccc1)C2)C1CCCN(S(=O)(=O)c2ccc(Cl)s2)C1. The number of nitrogens with zero attached hydrogens (tertiary/aromatic N) is 3. The zero-order valence-electron chi connectivity index (χ0n) is 23.2. The number of halogens is 1. The second-order valence-electron chi connectivity index (χ2n) is 10.9. The molecule has 2 aliphatic heterocycles. The molecule has 1 N–H and O–H groups in total. The molecule has 222 valence electrons. The van der Waals surface area contributed by atoms with Crippen molar-refractivity contribution in [3.63, 3.8) is 0 Å². The van der Waals surface area contributed by atoms with Crippen molar-refractivity contribution >= 4 is 76.8 Å². The number of amides is 1. The first-order valence-electron chi connectivity index (χ1n) is 14.2. The maximum atomic E-state index is 13.8. The summed E-state index contributed by atoms with van der Waals surface area (Å²) in [5, 5.41) is 4.96. The van der Waals surface area contributed by atoms with Crippen LogP contribution in [0, 0.1) is 5.92 Å². The monoisotopic (exact) mass is 668 g/mol. The number of sulfonamides is 1. The molecule has 1 fully saturated rings. The molecule has 1 unspecified atom stereocenters. The van der Waals surface area contributed by atoms with Crippen molar-refractivity contribution < 1.29 is 13.2 Å². The van der Waals surface area contributed by atoms with Crippen LogP contribution in [0.3, 0.4) is 0 Å². The fourth-order valence-electron chi connectivity index (χ4n) is 5.88. The zero-order valence-corrected chi connectivity index (χ0v) is 27.2. The van der Waals surface area contributed by atoms with E-state index in [0.717, 1.165) is 63.2 Å². The smallest absolute Gasteiger partial charge is 0.252 e. The lowest BCUT2D eigenvalue weighted by Gasteiger charge is -2.30. The number of piperidine rings is 1. The third-order valence-electron chi connectivity index (χ3n) is 8.03. The van der Waals surface area contributed by atoms with E-state index in [1.807, 2.05) is 24.3 Å². The van der Waals surface area contributed by atoms with Crippen LogP contribution < -0.4 is 5.32 Å². The number of carbonyl (C=O) groups is 1. The van der Waals surface area contributed by atoms with E-state index in [1.54, 1.807) is 28.7 Å². The minimum atomic E-state index is -3.70. The van der Waals surface area contributed by atoms with E-state index in [2.05, 4.69) is 40.5 Å². The number of carbonyl (C=O) groups excluding carboxylic acids is 1. The Hall–Kier alpha value is -2.64. The van der Waals surface area contributed by atoms with Gasteiger partial charge in [-0.05, 0) is 54.7 Å². The van der Waals surface area contributed by atoms with Crippen LogP contribution in [-0.2, 0) is 34.3 Å². The Morgan fingerprint density at radius 1 is 1.00 bits per heavy atom. The van der Waals surface area contributed by atoms with Gasteiger partial charge >= 0.3 is 0 Å². The first-order chi connectivity index (χ1) is 20.8. The summed E-state index contributed by atoms with van der Waals surface area (Å²) in [4.78, 5) is 22.4. The standard InChI is InChI=1S/C31H29ClN4O3S4/c32-26-12-13-27(42-26)43(38,39)36-15-6-9-21(18-36)29(37)34-31-28(30-33-23-10-4-5-11-24(23)40-30)22-14-16-35(19-25(22)41-31)17-20-7-2-1-3-8-20/h1-5,7-8,10-13,21H,6,9,14-19H2,(H,34,37). The fraction of sp³-hybridized carbons (Fsp3) is 0.290. The average Bonchev–Trinajstić information content (AvgIpc) is 3.74. The van der Waals surface area contributed by atoms with Gasteiger partial charge in [0.15, 0.2) is 0 Å². The van der Waals surface area contributed by atoms with Crippen LogP contribution in [0.2, 0.25) is 4.34 Å². The second-order valence-corrected chi connectivity index (χ2v) is 16.9. The molecule has 1 amide bonds. The van der Waals surface area contributed by atoms with Gasteiger partial charge in [-0.2, -0.15) is 4.31 Å². The molecule has 43 heavy (non-hydrogen) atoms. The van der Waals surface area contributed by atoms with Crippen LogP contribution in [0.4, 0.5) is 5.00 Å². The number of para-hydroxylation sites is 1. The van der Waals surface area contributed by atoms with Gasteiger partial charge in [-0.15, -0.1) is 34.0 Å². The molecule has 12 heteroatoms. The van der Waals surface area contributed by atoms with Gasteiger partial charge in [0.2, 0.25) is 5.91 Å². The lowest BCUT2D eigenvalue weighted by Crippen LogP contribution is -2.43. The van der Waals surface area contributed by atoms with Crippen LogP contribution in [0.5, 0.6) is 0 Å². The normalized spacial score (nSPS) is 18.1. The van der Waals surface area contributed by atoms with Crippen LogP contribution in [-0.4, -0.2) is 48.1 Å². The highest BCUT2D eigenvalue weighted by Crippen LogP contribution is 2.46. The number of benzene rings is 2. The number of hydrogen-bond acceptors (Lipinski definition) is 8. The molecule has 2 aliphatic rings. The Morgan fingerprint density at radius 2 is 1.81 bits per heavy atom. The van der Waals surface area contributed by atoms with Crippen LogP contribution in [0.1, 0.15) is 28.8 Å². The Labute approximate surface area is 267 Å². The van der Waals surface area contributed by atoms with Gasteiger partial charge in [0.1, 0.15) is 14.2 Å². The van der Waals surface area contributed by atoms with Crippen molar-refractivity contribution in [3.05, 3.63) is 87.1 Å². The number of rotatable bonds is 7. The summed E-state index contributed by atoms with van der Waals surface area (Å²) in [5.41, 5.74) is 4.50. The van der Waals surface area contributed by atoms with E-state index in [4.69, 9.17) is 16.6 Å². The maximum Gasteiger partial charge on any atom is 0.252 e. The van der Waals surface area contributed by atoms with Crippen molar-refractivity contribution in [1.82, 2.24) is 14.2 Å². The quantitative estimate of drug-likeness (QED) is 0.196. The van der Waals surface area contributed by atoms with Crippen LogP contribution in [0.25, 0.3) is 20.8 Å². The molecule has 5 heterocycles. The van der Waals surface area contributed by atoms with Gasteiger partial charge in [0, 0.05) is 43.2 Å². The summed E-state index contributed by atoms with van der Waals surface area (Å²) in [6.07, 6.45) is 2.13. The zero-order chi connectivity index (χ0) is 29.6. The van der Waals surface area contributed by atoms with Gasteiger partial charge < -0.3 is 5.32 Å². The Balaban J connectivity index is 1.17. The summed E-state index contributed by atoms with van der Waals surface area (Å²) >= 11 is 10.3. The molecule has 1 atom stereocenters. The highest BCUT2D eigenvalue weighted by molar-refractivity contribution is 7.91. The first-order valence-corrected chi connectivity index (χ1v) is 18.4. The highest BCUT2D eigenvalue weighted by Gasteiger charge is 2.35. The van der Waals surface area contributed by atoms with E-state index in [9.17, 15) is 13.2 Å². The molecule has 7 rings (SSSR count). The van der Waals surface area contributed by atoms with Crippen molar-refractivity contribution in [2.45, 2.75) is 36.6 Å². The minimum absolute atomic E-state index is 0.147. The van der Waals surface area contributed by atoms with Gasteiger partial charge in [-0.3, -0.25) is 9.69 Å². The number of nitrogens with one attached hydrogen (secondary N) is 1. The number of thiazole rings is 1.